The third-order valence-corrected chi connectivity index (χ3v) is 6.41. The van der Waals surface area contributed by atoms with Gasteiger partial charge < -0.3 is 73.1 Å². The highest BCUT2D eigenvalue weighted by molar-refractivity contribution is 7.79. The van der Waals surface area contributed by atoms with Gasteiger partial charge >= 0.3 is 10.4 Å². The van der Waals surface area contributed by atoms with E-state index in [1.165, 1.54) is 0 Å². The van der Waals surface area contributed by atoms with Crippen LogP contribution in [0.15, 0.2) is 0 Å². The number of nitrogens with two attached hydrogens (primary N) is 5. The molecule has 19 heteroatoms. The van der Waals surface area contributed by atoms with Crippen LogP contribution in [0.1, 0.15) is 27.1 Å². The second-order valence-corrected chi connectivity index (χ2v) is 10.1. The van der Waals surface area contributed by atoms with Crippen LogP contribution in [-0.2, 0) is 29.3 Å². The molecule has 0 aromatic rings. The van der Waals surface area contributed by atoms with Gasteiger partial charge in [0.25, 0.3) is 0 Å². The largest absolute Gasteiger partial charge is 0.394 e. The number of hydrogen-bond donors (Lipinski definition) is 12. The molecule has 3 aliphatic rings. The molecule has 1 saturated carbocycles. The highest BCUT2D eigenvalue weighted by Gasteiger charge is 2.50. The van der Waals surface area contributed by atoms with Gasteiger partial charge in [-0.3, -0.25) is 9.11 Å². The normalized spacial score (nSPS) is 47.1. The van der Waals surface area contributed by atoms with Gasteiger partial charge in [-0.2, -0.15) is 8.42 Å². The Morgan fingerprint density at radius 3 is 1.76 bits per heavy atom. The van der Waals surface area contributed by atoms with E-state index < -0.39 is 103 Å². The molecule has 3 fully saturated rings. The summed E-state index contributed by atoms with van der Waals surface area (Å²) in [6.45, 7) is -0.499. The van der Waals surface area contributed by atoms with Crippen molar-refractivity contribution in [3.63, 3.8) is 0 Å². The molecule has 0 bridgehead atoms. The van der Waals surface area contributed by atoms with Gasteiger partial charge in [0, 0.05) is 32.9 Å². The molecule has 37 heavy (non-hydrogen) atoms. The Morgan fingerprint density at radius 1 is 0.784 bits per heavy atom. The predicted octanol–water partition coefficient (Wildman–Crippen LogP) is -4.49. The first kappa shape index (κ1) is 32.5. The van der Waals surface area contributed by atoms with Crippen molar-refractivity contribution in [1.29, 1.82) is 0 Å². The van der Waals surface area contributed by atoms with Crippen molar-refractivity contribution in [3.8, 4) is 0 Å². The molecule has 0 amide bonds. The summed E-state index contributed by atoms with van der Waals surface area (Å²) in [4.78, 5) is 0. The zero-order chi connectivity index (χ0) is 28.2. The zero-order valence-corrected chi connectivity index (χ0v) is 20.6. The molecule has 18 nitrogen and oxygen atoms in total. The van der Waals surface area contributed by atoms with E-state index in [-0.39, 0.29) is 33.7 Å². The van der Waals surface area contributed by atoms with Crippen molar-refractivity contribution in [2.75, 3.05) is 13.2 Å². The Hall–Kier alpha value is -0.690. The smallest absolute Gasteiger partial charge is 0.394 e. The van der Waals surface area contributed by atoms with Crippen LogP contribution < -0.4 is 28.7 Å². The van der Waals surface area contributed by atoms with E-state index in [1.807, 2.05) is 0 Å². The van der Waals surface area contributed by atoms with E-state index in [2.05, 4.69) is 0 Å². The lowest BCUT2D eigenvalue weighted by Crippen LogP contribution is -2.68. The van der Waals surface area contributed by atoms with Crippen LogP contribution in [0.25, 0.3) is 0 Å². The van der Waals surface area contributed by atoms with Gasteiger partial charge in [-0.05, 0) is 12.8 Å². The predicted molar refractivity (Wildman–Crippen MR) is 144 cm³/mol. The van der Waals surface area contributed by atoms with E-state index in [0.717, 1.165) is 0 Å². The summed E-state index contributed by atoms with van der Waals surface area (Å²) in [6.07, 6.45) is -10.8. The van der Waals surface area contributed by atoms with Gasteiger partial charge in [0.1, 0.15) is 36.6 Å². The monoisotopic (exact) mass is 585 g/mol. The fourth-order valence-electron chi connectivity index (χ4n) is 4.43. The van der Waals surface area contributed by atoms with Crippen molar-refractivity contribution < 1.29 is 76.3 Å². The van der Waals surface area contributed by atoms with Gasteiger partial charge in [0.2, 0.25) is 0 Å². The maximum absolute atomic E-state index is 11.0. The molecule has 0 unspecified atom stereocenters. The molecule has 2 saturated heterocycles. The first-order valence-electron chi connectivity index (χ1n) is 11.5. The Balaban J connectivity index is -0.000000128. The minimum atomic E-state index is -4.67. The molecule has 2 heterocycles. The maximum atomic E-state index is 11.0. The van der Waals surface area contributed by atoms with Gasteiger partial charge in [0.15, 0.2) is 12.6 Å². The summed E-state index contributed by atoms with van der Waals surface area (Å²) in [6, 6.07) is -3.27. The molecule has 1 aliphatic carbocycles. The summed E-state index contributed by atoms with van der Waals surface area (Å²) >= 11 is 0. The molecule has 0 aromatic heterocycles. The summed E-state index contributed by atoms with van der Waals surface area (Å²) in [5.41, 5.74) is 29.8. The average molecular weight is 586 g/mol. The number of rotatable bonds is 6. The lowest BCUT2D eigenvalue weighted by Gasteiger charge is -2.47. The molecule has 0 aromatic carbocycles. The Kier molecular flexibility index (Phi) is 11.9. The van der Waals surface area contributed by atoms with Crippen molar-refractivity contribution >= 4 is 10.4 Å². The van der Waals surface area contributed by atoms with Crippen molar-refractivity contribution in [2.24, 2.45) is 28.7 Å². The fourth-order valence-corrected chi connectivity index (χ4v) is 4.43. The number of aliphatic hydroxyl groups is 5. The number of aliphatic hydroxyl groups excluding tert-OH is 5. The van der Waals surface area contributed by atoms with E-state index in [0.29, 0.717) is 0 Å². The lowest BCUT2D eigenvalue weighted by atomic mass is 9.84. The number of ether oxygens (including phenoxy) is 4. The molecule has 17 N–H and O–H groups in total. The molecule has 0 radical (unpaired) electrons. The number of hydrogen-bond acceptors (Lipinski definition) is 16. The van der Waals surface area contributed by atoms with Crippen LogP contribution in [-0.4, -0.2) is 142 Å². The summed E-state index contributed by atoms with van der Waals surface area (Å²) < 4.78 is 54.3. The van der Waals surface area contributed by atoms with Crippen LogP contribution in [0.2, 0.25) is 0 Å². The molecule has 14 atom stereocenters. The SMILES string of the molecule is NC[C@H]1O[C@H](O[C@H]2[C@H](O)[C@@H](O[C@H]3O[C@H](CO)[C@@H](O)[C@H](N)[C@H]3O)[C@H](N)C[C@@H]2N)[C@H](N)C[C@@H]1O.O=S(=O)(O)O.[HH].[HH].[HH].[HH].[HH].[HH].[HH].[HH].[HH].[HH]. The van der Waals surface area contributed by atoms with Crippen LogP contribution in [0.4, 0.5) is 0 Å². The zero-order valence-electron chi connectivity index (χ0n) is 19.8. The van der Waals surface area contributed by atoms with Gasteiger partial charge in [0.05, 0.1) is 30.9 Å². The van der Waals surface area contributed by atoms with E-state index in [1.54, 1.807) is 0 Å². The van der Waals surface area contributed by atoms with Crippen LogP contribution in [0.5, 0.6) is 0 Å². The minimum absolute atomic E-state index is 0. The Bertz CT molecular complexity index is 840. The molecular weight excluding hydrogens is 526 g/mol. The molecule has 3 rings (SSSR count). The van der Waals surface area contributed by atoms with Crippen LogP contribution >= 0.6 is 0 Å². The quantitative estimate of drug-likeness (QED) is 0.131. The van der Waals surface area contributed by atoms with E-state index >= 15 is 0 Å². The van der Waals surface area contributed by atoms with Gasteiger partial charge in [-0.15, -0.1) is 0 Å². The van der Waals surface area contributed by atoms with Gasteiger partial charge in [-0.25, -0.2) is 0 Å². The second-order valence-electron chi connectivity index (χ2n) is 9.23. The van der Waals surface area contributed by atoms with Crippen LogP contribution in [0.3, 0.4) is 0 Å². The molecule has 2 aliphatic heterocycles. The second kappa shape index (κ2) is 13.6. The summed E-state index contributed by atoms with van der Waals surface area (Å²) in [5, 5.41) is 50.7. The fraction of sp³-hybridized carbons (Fsp3) is 1.00. The van der Waals surface area contributed by atoms with Crippen molar-refractivity contribution in [2.45, 2.75) is 98.4 Å². The molecule has 0 spiro atoms. The van der Waals surface area contributed by atoms with Crippen molar-refractivity contribution in [1.82, 2.24) is 0 Å². The highest BCUT2D eigenvalue weighted by atomic mass is 32.3. The third-order valence-electron chi connectivity index (χ3n) is 6.41. The van der Waals surface area contributed by atoms with E-state index in [4.69, 9.17) is 65.1 Å². The van der Waals surface area contributed by atoms with Gasteiger partial charge in [-0.1, -0.05) is 0 Å². The van der Waals surface area contributed by atoms with Crippen LogP contribution in [0, 0.1) is 0 Å². The summed E-state index contributed by atoms with van der Waals surface area (Å²) in [7, 11) is -4.67. The third kappa shape index (κ3) is 8.65. The van der Waals surface area contributed by atoms with E-state index in [9.17, 15) is 25.5 Å². The minimum Gasteiger partial charge on any atom is -0.394 e. The Labute approximate surface area is 228 Å². The molecular formula is C18H59N5O13S. The topological polar surface area (TPSA) is 343 Å². The molecule has 240 valence electrons. The lowest BCUT2D eigenvalue weighted by molar-refractivity contribution is -0.314. The first-order valence-corrected chi connectivity index (χ1v) is 12.9. The Morgan fingerprint density at radius 2 is 1.27 bits per heavy atom. The maximum Gasteiger partial charge on any atom is 0.394 e. The highest BCUT2D eigenvalue weighted by Crippen LogP contribution is 2.30. The summed E-state index contributed by atoms with van der Waals surface area (Å²) in [5.74, 6) is 0. The average Bonchev–Trinajstić information content (AvgIpc) is 2.79. The standard InChI is InChI=1S/C18H37N5O9.H2O4S.10H2/c19-3-9-8(25)2-7(22)17(29-9)31-15-5(20)1-6(21)16(14(15)28)32-18-13(27)11(23)12(26)10(4-24)30-18;1-5(2,3)4;;;;;;;;;;/h5-18,24-28H,1-4,19-23H2;(H2,1,2,3,4);10*1H/t5-,6+,7+,8-,9+,10+,11-,12+,13+,14-,15+,16-,17+,18+;;;;;;;;;;;/m0.........../s1. The van der Waals surface area contributed by atoms with Crippen molar-refractivity contribution in [3.05, 3.63) is 0 Å². The first-order chi connectivity index (χ1) is 17.1.